The highest BCUT2D eigenvalue weighted by Crippen LogP contribution is 2.40. The Balaban J connectivity index is 1.98. The number of hydrogen-bond acceptors (Lipinski definition) is 4. The number of carbonyl (C=O) groups is 1. The van der Waals surface area contributed by atoms with E-state index in [0.717, 1.165) is 35.4 Å². The Morgan fingerprint density at radius 1 is 1.57 bits per heavy atom. The minimum Gasteiger partial charge on any atom is -0.365 e. The topological polar surface area (TPSA) is 68.3 Å². The molecule has 0 aliphatic heterocycles. The maximum Gasteiger partial charge on any atom is 0.252 e. The molecular weight excluding hydrogens is 282 g/mol. The monoisotopic (exact) mass is 299 g/mol. The van der Waals surface area contributed by atoms with Crippen molar-refractivity contribution in [3.8, 4) is 0 Å². The highest BCUT2D eigenvalue weighted by molar-refractivity contribution is 7.16. The molecule has 3 rings (SSSR count). The van der Waals surface area contributed by atoms with Gasteiger partial charge in [0.15, 0.2) is 0 Å². The van der Waals surface area contributed by atoms with E-state index in [2.05, 4.69) is 16.9 Å². The first-order chi connectivity index (χ1) is 10.1. The molecule has 0 bridgehead atoms. The Morgan fingerprint density at radius 3 is 3.14 bits per heavy atom. The summed E-state index contributed by atoms with van der Waals surface area (Å²) in [6, 6.07) is 3.79. The van der Waals surface area contributed by atoms with E-state index in [1.54, 1.807) is 29.9 Å². The third kappa shape index (κ3) is 2.88. The molecule has 2 aromatic rings. The molecule has 0 aromatic carbocycles. The molecule has 0 fully saturated rings. The van der Waals surface area contributed by atoms with E-state index in [4.69, 9.17) is 5.73 Å². The van der Waals surface area contributed by atoms with Gasteiger partial charge in [0, 0.05) is 29.0 Å². The van der Waals surface area contributed by atoms with Crippen molar-refractivity contribution in [3.63, 3.8) is 0 Å². The molecule has 4 nitrogen and oxygen atoms in total. The molecule has 1 aliphatic carbocycles. The number of thiophene rings is 1. The molecule has 2 aromatic heterocycles. The summed E-state index contributed by atoms with van der Waals surface area (Å²) in [5, 5.41) is 0.727. The van der Waals surface area contributed by atoms with E-state index in [9.17, 15) is 4.79 Å². The molecular formula is C16H17N3OS. The molecule has 1 atom stereocenters. The van der Waals surface area contributed by atoms with E-state index in [1.807, 2.05) is 12.1 Å². The standard InChI is InChI=1S/C16H17N3OS/c1-10-4-5-12-13(7-10)21-16(14(12)15(17)20)19-9-11-3-2-6-18-8-11/h2-3,6,8-10H,4-5,7H2,1H3,(H2,17,20). The number of primary amides is 1. The summed E-state index contributed by atoms with van der Waals surface area (Å²) in [4.78, 5) is 21.6. The number of carbonyl (C=O) groups excluding carboxylic acids is 1. The highest BCUT2D eigenvalue weighted by Gasteiger charge is 2.26. The predicted molar refractivity (Wildman–Crippen MR) is 85.5 cm³/mol. The lowest BCUT2D eigenvalue weighted by atomic mass is 9.88. The molecule has 1 aliphatic rings. The molecule has 108 valence electrons. The predicted octanol–water partition coefficient (Wildman–Crippen LogP) is 3.12. The van der Waals surface area contributed by atoms with Gasteiger partial charge in [-0.05, 0) is 36.8 Å². The fourth-order valence-electron chi connectivity index (χ4n) is 2.67. The van der Waals surface area contributed by atoms with Crippen LogP contribution in [-0.2, 0) is 12.8 Å². The number of nitrogens with zero attached hydrogens (tertiary/aromatic N) is 2. The van der Waals surface area contributed by atoms with Crippen LogP contribution < -0.4 is 5.73 Å². The van der Waals surface area contributed by atoms with Crippen LogP contribution in [0.2, 0.25) is 0 Å². The van der Waals surface area contributed by atoms with Gasteiger partial charge in [-0.3, -0.25) is 9.78 Å². The van der Waals surface area contributed by atoms with Crippen molar-refractivity contribution in [2.24, 2.45) is 16.6 Å². The lowest BCUT2D eigenvalue weighted by molar-refractivity contribution is 0.1000. The second kappa shape index (κ2) is 5.77. The van der Waals surface area contributed by atoms with Gasteiger partial charge in [0.05, 0.1) is 5.56 Å². The molecule has 1 unspecified atom stereocenters. The van der Waals surface area contributed by atoms with E-state index >= 15 is 0 Å². The zero-order valence-corrected chi connectivity index (χ0v) is 12.7. The van der Waals surface area contributed by atoms with Crippen LogP contribution in [0, 0.1) is 5.92 Å². The van der Waals surface area contributed by atoms with Gasteiger partial charge in [0.25, 0.3) is 5.91 Å². The van der Waals surface area contributed by atoms with Crippen molar-refractivity contribution in [1.82, 2.24) is 4.98 Å². The smallest absolute Gasteiger partial charge is 0.252 e. The van der Waals surface area contributed by atoms with Crippen molar-refractivity contribution in [3.05, 3.63) is 46.1 Å². The minimum absolute atomic E-state index is 0.375. The van der Waals surface area contributed by atoms with E-state index in [-0.39, 0.29) is 5.91 Å². The average molecular weight is 299 g/mol. The number of pyridine rings is 1. The van der Waals surface area contributed by atoms with Crippen molar-refractivity contribution in [1.29, 1.82) is 0 Å². The normalized spacial score (nSPS) is 17.9. The minimum atomic E-state index is -0.375. The Labute approximate surface area is 127 Å². The van der Waals surface area contributed by atoms with E-state index in [1.165, 1.54) is 4.88 Å². The molecule has 21 heavy (non-hydrogen) atoms. The fraction of sp³-hybridized carbons (Fsp3) is 0.312. The van der Waals surface area contributed by atoms with Gasteiger partial charge in [-0.25, -0.2) is 4.99 Å². The van der Waals surface area contributed by atoms with Crippen LogP contribution in [0.3, 0.4) is 0 Å². The zero-order valence-electron chi connectivity index (χ0n) is 11.9. The highest BCUT2D eigenvalue weighted by atomic mass is 32.1. The summed E-state index contributed by atoms with van der Waals surface area (Å²) in [5.74, 6) is 0.285. The average Bonchev–Trinajstić information content (AvgIpc) is 2.83. The molecule has 1 amide bonds. The van der Waals surface area contributed by atoms with Gasteiger partial charge < -0.3 is 5.73 Å². The van der Waals surface area contributed by atoms with Gasteiger partial charge in [-0.15, -0.1) is 11.3 Å². The number of aliphatic imine (C=N–C) groups is 1. The number of hydrogen-bond donors (Lipinski definition) is 1. The summed E-state index contributed by atoms with van der Waals surface area (Å²) in [6.07, 6.45) is 8.24. The quantitative estimate of drug-likeness (QED) is 0.885. The first-order valence-corrected chi connectivity index (χ1v) is 7.85. The molecule has 0 saturated heterocycles. The molecule has 2 heterocycles. The lowest BCUT2D eigenvalue weighted by Gasteiger charge is -2.18. The lowest BCUT2D eigenvalue weighted by Crippen LogP contribution is -2.16. The molecule has 2 N–H and O–H groups in total. The molecule has 0 spiro atoms. The molecule has 5 heteroatoms. The van der Waals surface area contributed by atoms with Crippen molar-refractivity contribution < 1.29 is 4.79 Å². The Hall–Kier alpha value is -2.01. The SMILES string of the molecule is CC1CCc2c(sc(N=Cc3cccnc3)c2C(N)=O)C1. The third-order valence-corrected chi connectivity index (χ3v) is 4.92. The second-order valence-corrected chi connectivity index (χ2v) is 6.52. The molecule has 0 radical (unpaired) electrons. The van der Waals surface area contributed by atoms with Gasteiger partial charge in [-0.2, -0.15) is 0 Å². The van der Waals surface area contributed by atoms with Crippen LogP contribution in [0.1, 0.15) is 39.7 Å². The largest absolute Gasteiger partial charge is 0.365 e. The van der Waals surface area contributed by atoms with E-state index < -0.39 is 0 Å². The van der Waals surface area contributed by atoms with Crippen LogP contribution in [-0.4, -0.2) is 17.1 Å². The summed E-state index contributed by atoms with van der Waals surface area (Å²) in [5.41, 5.74) is 8.21. The Kier molecular flexibility index (Phi) is 3.84. The van der Waals surface area contributed by atoms with Crippen LogP contribution in [0.15, 0.2) is 29.5 Å². The second-order valence-electron chi connectivity index (χ2n) is 5.44. The maximum atomic E-state index is 11.8. The molecule has 0 saturated carbocycles. The number of aromatic nitrogens is 1. The van der Waals surface area contributed by atoms with Crippen molar-refractivity contribution >= 4 is 28.5 Å². The van der Waals surface area contributed by atoms with Crippen molar-refractivity contribution in [2.45, 2.75) is 26.2 Å². The van der Waals surface area contributed by atoms with Gasteiger partial charge >= 0.3 is 0 Å². The summed E-state index contributed by atoms with van der Waals surface area (Å²) < 4.78 is 0. The number of nitrogens with two attached hydrogens (primary N) is 1. The number of rotatable bonds is 3. The summed E-state index contributed by atoms with van der Waals surface area (Å²) in [6.45, 7) is 2.24. The van der Waals surface area contributed by atoms with Crippen LogP contribution >= 0.6 is 11.3 Å². The van der Waals surface area contributed by atoms with Gasteiger partial charge in [-0.1, -0.05) is 13.0 Å². The zero-order chi connectivity index (χ0) is 14.8. The summed E-state index contributed by atoms with van der Waals surface area (Å²) >= 11 is 1.59. The fourth-order valence-corrected chi connectivity index (χ4v) is 4.03. The van der Waals surface area contributed by atoms with Crippen molar-refractivity contribution in [2.75, 3.05) is 0 Å². The first-order valence-electron chi connectivity index (χ1n) is 7.03. The third-order valence-electron chi connectivity index (χ3n) is 3.75. The first kappa shape index (κ1) is 13.9. The van der Waals surface area contributed by atoms with Crippen LogP contribution in [0.5, 0.6) is 0 Å². The number of amides is 1. The van der Waals surface area contributed by atoms with Crippen LogP contribution in [0.25, 0.3) is 0 Å². The Bertz CT molecular complexity index is 691. The van der Waals surface area contributed by atoms with Gasteiger partial charge in [0.2, 0.25) is 0 Å². The van der Waals surface area contributed by atoms with Crippen LogP contribution in [0.4, 0.5) is 5.00 Å². The maximum absolute atomic E-state index is 11.8. The van der Waals surface area contributed by atoms with Gasteiger partial charge in [0.1, 0.15) is 5.00 Å². The number of fused-ring (bicyclic) bond motifs is 1. The summed E-state index contributed by atoms with van der Waals surface area (Å²) in [7, 11) is 0. The Morgan fingerprint density at radius 2 is 2.43 bits per heavy atom. The van der Waals surface area contributed by atoms with E-state index in [0.29, 0.717) is 11.5 Å².